The minimum absolute atomic E-state index is 0.0218. The van der Waals surface area contributed by atoms with Gasteiger partial charge in [-0.05, 0) is 37.6 Å². The van der Waals surface area contributed by atoms with E-state index in [0.29, 0.717) is 30.0 Å². The van der Waals surface area contributed by atoms with Crippen molar-refractivity contribution in [2.45, 2.75) is 31.2 Å². The summed E-state index contributed by atoms with van der Waals surface area (Å²) in [5.41, 5.74) is 0.686. The highest BCUT2D eigenvalue weighted by atomic mass is 32.2. The number of hydrogen-bond acceptors (Lipinski definition) is 7. The minimum Gasteiger partial charge on any atom is -0.497 e. The maximum atomic E-state index is 13.8. The van der Waals surface area contributed by atoms with Gasteiger partial charge in [-0.25, -0.2) is 17.6 Å². The smallest absolute Gasteiger partial charge is 0.333 e. The van der Waals surface area contributed by atoms with Gasteiger partial charge >= 0.3 is 5.97 Å². The van der Waals surface area contributed by atoms with Crippen LogP contribution < -0.4 is 14.8 Å². The summed E-state index contributed by atoms with van der Waals surface area (Å²) < 4.78 is 53.8. The van der Waals surface area contributed by atoms with Crippen LogP contribution in [0.1, 0.15) is 31.9 Å². The topological polar surface area (TPSA) is 90.9 Å². The third kappa shape index (κ3) is 6.09. The molecule has 1 atom stereocenters. The second-order valence-corrected chi connectivity index (χ2v) is 8.55. The molecule has 0 saturated carbocycles. The van der Waals surface area contributed by atoms with Gasteiger partial charge in [0, 0.05) is 29.6 Å². The first-order chi connectivity index (χ1) is 14.2. The molecule has 0 radical (unpaired) electrons. The summed E-state index contributed by atoms with van der Waals surface area (Å²) in [7, 11) is -2.12. The largest absolute Gasteiger partial charge is 0.497 e. The lowest BCUT2D eigenvalue weighted by molar-refractivity contribution is -0.144. The van der Waals surface area contributed by atoms with Crippen LogP contribution in [0, 0.1) is 5.82 Å². The molecule has 2 rings (SSSR count). The third-order valence-electron chi connectivity index (χ3n) is 4.13. The predicted molar refractivity (Wildman–Crippen MR) is 111 cm³/mol. The molecule has 0 aliphatic rings. The van der Waals surface area contributed by atoms with Crippen molar-refractivity contribution in [3.8, 4) is 11.5 Å². The van der Waals surface area contributed by atoms with Gasteiger partial charge in [0.05, 0.1) is 25.2 Å². The van der Waals surface area contributed by atoms with Gasteiger partial charge in [-0.15, -0.1) is 0 Å². The Labute approximate surface area is 176 Å². The first-order valence-electron chi connectivity index (χ1n) is 9.44. The first-order valence-corrected chi connectivity index (χ1v) is 11.3. The molecule has 30 heavy (non-hydrogen) atoms. The number of carbonyl (C=O) groups excluding carboxylic acids is 1. The van der Waals surface area contributed by atoms with Gasteiger partial charge in [0.15, 0.2) is 15.9 Å². The van der Waals surface area contributed by atoms with E-state index in [1.54, 1.807) is 13.0 Å². The fraction of sp³-hybridized carbons (Fsp3) is 0.381. The number of benzene rings is 2. The fourth-order valence-electron chi connectivity index (χ4n) is 2.73. The van der Waals surface area contributed by atoms with E-state index in [1.165, 1.54) is 37.4 Å². The summed E-state index contributed by atoms with van der Waals surface area (Å²) in [6.45, 7) is 4.05. The van der Waals surface area contributed by atoms with Crippen molar-refractivity contribution in [3.05, 3.63) is 47.8 Å². The molecule has 1 N–H and O–H groups in total. The summed E-state index contributed by atoms with van der Waals surface area (Å²) in [6.07, 6.45) is 1.77. The Morgan fingerprint density at radius 3 is 2.50 bits per heavy atom. The zero-order valence-corrected chi connectivity index (χ0v) is 18.2. The van der Waals surface area contributed by atoms with E-state index >= 15 is 0 Å². The van der Waals surface area contributed by atoms with Gasteiger partial charge < -0.3 is 19.5 Å². The van der Waals surface area contributed by atoms with Crippen molar-refractivity contribution >= 4 is 21.5 Å². The lowest BCUT2D eigenvalue weighted by Crippen LogP contribution is -2.24. The molecule has 0 aliphatic carbocycles. The Bertz CT molecular complexity index is 993. The number of sulfone groups is 1. The average molecular weight is 440 g/mol. The van der Waals surface area contributed by atoms with Crippen molar-refractivity contribution in [1.82, 2.24) is 0 Å². The normalized spacial score (nSPS) is 12.2. The van der Waals surface area contributed by atoms with Crippen molar-refractivity contribution in [3.63, 3.8) is 0 Å². The molecule has 9 heteroatoms. The van der Waals surface area contributed by atoms with Gasteiger partial charge in [-0.3, -0.25) is 0 Å². The quantitative estimate of drug-likeness (QED) is 0.564. The molecule has 0 aliphatic heterocycles. The number of halogens is 1. The molecule has 0 heterocycles. The number of hydrogen-bond donors (Lipinski definition) is 1. The monoisotopic (exact) mass is 439 g/mol. The molecular formula is C21H26FNO6S. The predicted octanol–water partition coefficient (Wildman–Crippen LogP) is 3.74. The molecule has 1 unspecified atom stereocenters. The van der Waals surface area contributed by atoms with Gasteiger partial charge in [-0.2, -0.15) is 0 Å². The van der Waals surface area contributed by atoms with Gasteiger partial charge in [0.2, 0.25) is 0 Å². The molecule has 2 aromatic carbocycles. The SMILES string of the molecule is CCCOc1cc(F)ccc1C(Nc1cc(OC)cc(S(C)(=O)=O)c1)C(=O)OCC. The van der Waals surface area contributed by atoms with Crippen molar-refractivity contribution in [2.24, 2.45) is 0 Å². The minimum atomic E-state index is -3.53. The number of nitrogens with one attached hydrogen (secondary N) is 1. The Morgan fingerprint density at radius 1 is 1.17 bits per heavy atom. The van der Waals surface area contributed by atoms with Crippen molar-refractivity contribution < 1.29 is 31.8 Å². The summed E-state index contributed by atoms with van der Waals surface area (Å²) in [5.74, 6) is -0.624. The molecule has 2 aromatic rings. The van der Waals surface area contributed by atoms with E-state index in [9.17, 15) is 17.6 Å². The highest BCUT2D eigenvalue weighted by Crippen LogP contribution is 2.32. The number of carbonyl (C=O) groups is 1. The molecule has 164 valence electrons. The van der Waals surface area contributed by atoms with Crippen LogP contribution in [-0.2, 0) is 19.4 Å². The zero-order valence-electron chi connectivity index (χ0n) is 17.4. The van der Waals surface area contributed by atoms with Gasteiger partial charge in [-0.1, -0.05) is 6.92 Å². The maximum Gasteiger partial charge on any atom is 0.333 e. The van der Waals surface area contributed by atoms with Gasteiger partial charge in [0.25, 0.3) is 0 Å². The van der Waals surface area contributed by atoms with Gasteiger partial charge in [0.1, 0.15) is 17.3 Å². The summed E-state index contributed by atoms with van der Waals surface area (Å²) >= 11 is 0. The first kappa shape index (κ1) is 23.5. The highest BCUT2D eigenvalue weighted by Gasteiger charge is 2.26. The van der Waals surface area contributed by atoms with Crippen LogP contribution in [0.5, 0.6) is 11.5 Å². The Morgan fingerprint density at radius 2 is 1.90 bits per heavy atom. The van der Waals surface area contributed by atoms with E-state index in [-0.39, 0.29) is 17.3 Å². The van der Waals surface area contributed by atoms with E-state index < -0.39 is 27.7 Å². The average Bonchev–Trinajstić information content (AvgIpc) is 2.70. The summed E-state index contributed by atoms with van der Waals surface area (Å²) in [6, 6.07) is 7.12. The van der Waals surface area contributed by atoms with Crippen LogP contribution in [0.25, 0.3) is 0 Å². The number of anilines is 1. The van der Waals surface area contributed by atoms with E-state index in [4.69, 9.17) is 14.2 Å². The molecule has 0 aromatic heterocycles. The second-order valence-electron chi connectivity index (χ2n) is 6.53. The maximum absolute atomic E-state index is 13.8. The summed E-state index contributed by atoms with van der Waals surface area (Å²) in [4.78, 5) is 12.7. The van der Waals surface area contributed by atoms with Crippen LogP contribution in [0.3, 0.4) is 0 Å². The number of esters is 1. The lowest BCUT2D eigenvalue weighted by Gasteiger charge is -2.22. The Balaban J connectivity index is 2.54. The van der Waals surface area contributed by atoms with Crippen molar-refractivity contribution in [1.29, 1.82) is 0 Å². The molecule has 0 fully saturated rings. The van der Waals surface area contributed by atoms with Crippen molar-refractivity contribution in [2.75, 3.05) is 31.9 Å². The molecular weight excluding hydrogens is 413 g/mol. The fourth-order valence-corrected chi connectivity index (χ4v) is 3.40. The van der Waals surface area contributed by atoms with Crippen LogP contribution >= 0.6 is 0 Å². The van der Waals surface area contributed by atoms with Crippen LogP contribution in [0.4, 0.5) is 10.1 Å². The third-order valence-corrected chi connectivity index (χ3v) is 5.22. The number of rotatable bonds is 10. The molecule has 0 saturated heterocycles. The lowest BCUT2D eigenvalue weighted by atomic mass is 10.0. The molecule has 0 spiro atoms. The van der Waals surface area contributed by atoms with E-state index in [2.05, 4.69) is 5.32 Å². The number of methoxy groups -OCH3 is 1. The molecule has 0 bridgehead atoms. The zero-order chi connectivity index (χ0) is 22.3. The number of ether oxygens (including phenoxy) is 3. The Kier molecular flexibility index (Phi) is 8.05. The second kappa shape index (κ2) is 10.3. The van der Waals surface area contributed by atoms with E-state index in [1.807, 2.05) is 6.92 Å². The van der Waals surface area contributed by atoms with Crippen LogP contribution in [0.15, 0.2) is 41.3 Å². The van der Waals surface area contributed by atoms with E-state index in [0.717, 1.165) is 6.26 Å². The Hall–Kier alpha value is -2.81. The molecule has 7 nitrogen and oxygen atoms in total. The van der Waals surface area contributed by atoms with Crippen LogP contribution in [-0.4, -0.2) is 41.0 Å². The summed E-state index contributed by atoms with van der Waals surface area (Å²) in [5, 5.41) is 2.98. The highest BCUT2D eigenvalue weighted by molar-refractivity contribution is 7.90. The molecule has 0 amide bonds. The van der Waals surface area contributed by atoms with Crippen LogP contribution in [0.2, 0.25) is 0 Å². The standard InChI is InChI=1S/C21H26FNO6S/c1-5-9-29-19-10-14(22)7-8-18(19)20(21(24)28-6-2)23-15-11-16(27-3)13-17(12-15)30(4,25)26/h7-8,10-13,20,23H,5-6,9H2,1-4H3.